The zero-order valence-corrected chi connectivity index (χ0v) is 22.8. The van der Waals surface area contributed by atoms with E-state index < -0.39 is 5.91 Å². The van der Waals surface area contributed by atoms with Crippen molar-refractivity contribution in [1.82, 2.24) is 0 Å². The van der Waals surface area contributed by atoms with Crippen molar-refractivity contribution in [2.45, 2.75) is 27.1 Å². The third kappa shape index (κ3) is 7.58. The average Bonchev–Trinajstić information content (AvgIpc) is 2.91. The summed E-state index contributed by atoms with van der Waals surface area (Å²) < 4.78 is 12.5. The summed E-state index contributed by atoms with van der Waals surface area (Å²) in [6.45, 7) is 4.99. The minimum absolute atomic E-state index is 0.00923. The number of carbonyl (C=O) groups is 1. The van der Waals surface area contributed by atoms with Gasteiger partial charge in [0.15, 0.2) is 0 Å². The highest BCUT2D eigenvalue weighted by molar-refractivity contribution is 9.10. The van der Waals surface area contributed by atoms with Gasteiger partial charge in [0.25, 0.3) is 5.91 Å². The predicted octanol–water partition coefficient (Wildman–Crippen LogP) is 7.77. The number of nitrogens with zero attached hydrogens (tertiary/aromatic N) is 1. The van der Waals surface area contributed by atoms with Gasteiger partial charge in [-0.3, -0.25) is 4.79 Å². The van der Waals surface area contributed by atoms with Crippen molar-refractivity contribution in [3.63, 3.8) is 0 Å². The molecule has 0 heterocycles. The van der Waals surface area contributed by atoms with E-state index in [1.165, 1.54) is 11.1 Å². The van der Waals surface area contributed by atoms with Gasteiger partial charge in [-0.25, -0.2) is 0 Å². The Bertz CT molecular complexity index is 1490. The van der Waals surface area contributed by atoms with Crippen LogP contribution >= 0.6 is 15.9 Å². The fraction of sp³-hybridized carbons (Fsp3) is 0.125. The second-order valence-electron chi connectivity index (χ2n) is 8.89. The monoisotopic (exact) mass is 566 g/mol. The summed E-state index contributed by atoms with van der Waals surface area (Å²) in [4.78, 5) is 12.7. The minimum atomic E-state index is -0.489. The quantitative estimate of drug-likeness (QED) is 0.166. The Hall–Kier alpha value is -4.34. The van der Waals surface area contributed by atoms with Crippen molar-refractivity contribution in [3.05, 3.63) is 129 Å². The van der Waals surface area contributed by atoms with Crippen LogP contribution < -0.4 is 14.8 Å². The van der Waals surface area contributed by atoms with E-state index in [9.17, 15) is 10.1 Å². The molecule has 5 nitrogen and oxygen atoms in total. The highest BCUT2D eigenvalue weighted by Gasteiger charge is 2.11. The second kappa shape index (κ2) is 12.8. The molecule has 38 heavy (non-hydrogen) atoms. The van der Waals surface area contributed by atoms with Gasteiger partial charge in [-0.1, -0.05) is 65.7 Å². The lowest BCUT2D eigenvalue weighted by Gasteiger charge is -2.10. The standard InChI is InChI=1S/C32H27BrN2O3/c1-22-6-8-24(9-7-22)20-37-29-13-11-28(12-14-29)35-32(36)27(19-34)17-25-10-15-31(30(33)18-25)38-21-26-5-3-4-23(2)16-26/h3-18H,20-21H2,1-2H3,(H,35,36)/b27-17+. The number of nitriles is 1. The van der Waals surface area contributed by atoms with E-state index in [0.29, 0.717) is 36.0 Å². The molecule has 6 heteroatoms. The van der Waals surface area contributed by atoms with E-state index in [-0.39, 0.29) is 5.57 Å². The molecule has 4 rings (SSSR count). The first-order valence-corrected chi connectivity index (χ1v) is 12.9. The van der Waals surface area contributed by atoms with Crippen LogP contribution in [0.3, 0.4) is 0 Å². The number of halogens is 1. The van der Waals surface area contributed by atoms with Crippen LogP contribution in [-0.4, -0.2) is 5.91 Å². The molecule has 0 aliphatic heterocycles. The predicted molar refractivity (Wildman–Crippen MR) is 154 cm³/mol. The zero-order chi connectivity index (χ0) is 26.9. The molecule has 0 saturated heterocycles. The Morgan fingerprint density at radius 1 is 0.868 bits per heavy atom. The van der Waals surface area contributed by atoms with Gasteiger partial charge in [-0.15, -0.1) is 0 Å². The molecule has 4 aromatic carbocycles. The third-order valence-electron chi connectivity index (χ3n) is 5.75. The lowest BCUT2D eigenvalue weighted by atomic mass is 10.1. The number of carbonyl (C=O) groups excluding carboxylic acids is 1. The van der Waals surface area contributed by atoms with Gasteiger partial charge in [0.1, 0.15) is 36.4 Å². The van der Waals surface area contributed by atoms with Gasteiger partial charge in [0, 0.05) is 5.69 Å². The lowest BCUT2D eigenvalue weighted by Crippen LogP contribution is -2.13. The Labute approximate surface area is 231 Å². The first-order chi connectivity index (χ1) is 18.4. The fourth-order valence-corrected chi connectivity index (χ4v) is 4.20. The van der Waals surface area contributed by atoms with Gasteiger partial charge in [-0.05, 0) is 88.9 Å². The van der Waals surface area contributed by atoms with E-state index in [0.717, 1.165) is 15.6 Å². The van der Waals surface area contributed by atoms with Crippen LogP contribution in [0.15, 0.2) is 101 Å². The molecule has 4 aromatic rings. The molecule has 0 bridgehead atoms. The average molecular weight is 567 g/mol. The molecule has 1 amide bonds. The first kappa shape index (κ1) is 26.7. The lowest BCUT2D eigenvalue weighted by molar-refractivity contribution is -0.112. The second-order valence-corrected chi connectivity index (χ2v) is 9.74. The Morgan fingerprint density at radius 2 is 1.61 bits per heavy atom. The van der Waals surface area contributed by atoms with Gasteiger partial charge >= 0.3 is 0 Å². The molecule has 1 N–H and O–H groups in total. The number of amides is 1. The summed E-state index contributed by atoms with van der Waals surface area (Å²) >= 11 is 3.53. The van der Waals surface area contributed by atoms with Crippen LogP contribution in [0.5, 0.6) is 11.5 Å². The molecule has 0 aliphatic rings. The summed E-state index contributed by atoms with van der Waals surface area (Å²) in [5.74, 6) is 0.877. The van der Waals surface area contributed by atoms with Crippen molar-refractivity contribution in [2.75, 3.05) is 5.32 Å². The number of anilines is 1. The fourth-order valence-electron chi connectivity index (χ4n) is 3.69. The SMILES string of the molecule is Cc1ccc(COc2ccc(NC(=O)/C(C#N)=C/c3ccc(OCc4cccc(C)c4)c(Br)c3)cc2)cc1. The first-order valence-electron chi connectivity index (χ1n) is 12.1. The van der Waals surface area contributed by atoms with Crippen LogP contribution in [0.25, 0.3) is 6.08 Å². The third-order valence-corrected chi connectivity index (χ3v) is 6.37. The number of ether oxygens (including phenoxy) is 2. The molecular formula is C32H27BrN2O3. The van der Waals surface area contributed by atoms with Gasteiger partial charge < -0.3 is 14.8 Å². The molecule has 0 fully saturated rings. The van der Waals surface area contributed by atoms with Crippen molar-refractivity contribution in [2.24, 2.45) is 0 Å². The number of hydrogen-bond donors (Lipinski definition) is 1. The van der Waals surface area contributed by atoms with E-state index in [1.807, 2.05) is 74.5 Å². The molecular weight excluding hydrogens is 540 g/mol. The van der Waals surface area contributed by atoms with Gasteiger partial charge in [0.05, 0.1) is 4.47 Å². The summed E-state index contributed by atoms with van der Waals surface area (Å²) in [5, 5.41) is 12.4. The molecule has 0 aromatic heterocycles. The molecule has 0 atom stereocenters. The minimum Gasteiger partial charge on any atom is -0.489 e. The molecule has 190 valence electrons. The molecule has 0 spiro atoms. The smallest absolute Gasteiger partial charge is 0.266 e. The van der Waals surface area contributed by atoms with E-state index in [1.54, 1.807) is 36.4 Å². The maximum Gasteiger partial charge on any atom is 0.266 e. The highest BCUT2D eigenvalue weighted by Crippen LogP contribution is 2.28. The van der Waals surface area contributed by atoms with Crippen molar-refractivity contribution in [3.8, 4) is 17.6 Å². The van der Waals surface area contributed by atoms with Crippen molar-refractivity contribution < 1.29 is 14.3 Å². The number of nitrogens with one attached hydrogen (secondary N) is 1. The van der Waals surface area contributed by atoms with Crippen LogP contribution in [-0.2, 0) is 18.0 Å². The van der Waals surface area contributed by atoms with Crippen LogP contribution in [0.1, 0.15) is 27.8 Å². The maximum absolute atomic E-state index is 12.7. The number of rotatable bonds is 9. The van der Waals surface area contributed by atoms with E-state index in [2.05, 4.69) is 27.3 Å². The normalized spacial score (nSPS) is 10.9. The topological polar surface area (TPSA) is 71.3 Å². The molecule has 0 saturated carbocycles. The van der Waals surface area contributed by atoms with Crippen LogP contribution in [0.2, 0.25) is 0 Å². The zero-order valence-electron chi connectivity index (χ0n) is 21.2. The molecule has 0 aliphatic carbocycles. The largest absolute Gasteiger partial charge is 0.489 e. The summed E-state index contributed by atoms with van der Waals surface area (Å²) in [6, 6.07) is 30.8. The number of benzene rings is 4. The number of hydrogen-bond acceptors (Lipinski definition) is 4. The van der Waals surface area contributed by atoms with E-state index >= 15 is 0 Å². The van der Waals surface area contributed by atoms with Crippen LogP contribution in [0, 0.1) is 25.2 Å². The maximum atomic E-state index is 12.7. The summed E-state index contributed by atoms with van der Waals surface area (Å²) in [6.07, 6.45) is 1.55. The van der Waals surface area contributed by atoms with Crippen molar-refractivity contribution >= 4 is 33.6 Å². The molecule has 0 radical (unpaired) electrons. The van der Waals surface area contributed by atoms with E-state index in [4.69, 9.17) is 9.47 Å². The Morgan fingerprint density at radius 3 is 2.29 bits per heavy atom. The Balaban J connectivity index is 1.35. The Kier molecular flexibility index (Phi) is 8.97. The highest BCUT2D eigenvalue weighted by atomic mass is 79.9. The summed E-state index contributed by atoms with van der Waals surface area (Å²) in [7, 11) is 0. The summed E-state index contributed by atoms with van der Waals surface area (Å²) in [5.41, 5.74) is 5.79. The van der Waals surface area contributed by atoms with Crippen LogP contribution in [0.4, 0.5) is 5.69 Å². The van der Waals surface area contributed by atoms with Gasteiger partial charge in [-0.2, -0.15) is 5.26 Å². The van der Waals surface area contributed by atoms with Crippen molar-refractivity contribution in [1.29, 1.82) is 5.26 Å². The van der Waals surface area contributed by atoms with Gasteiger partial charge in [0.2, 0.25) is 0 Å². The molecule has 0 unspecified atom stereocenters. The number of aryl methyl sites for hydroxylation is 2.